The largest absolute Gasteiger partial charge is 0.573 e. The van der Waals surface area contributed by atoms with E-state index < -0.39 is 18.2 Å². The van der Waals surface area contributed by atoms with Crippen molar-refractivity contribution in [2.24, 2.45) is 15.7 Å². The highest BCUT2D eigenvalue weighted by atomic mass is 19.4. The number of hydrogen-bond acceptors (Lipinski definition) is 5. The smallest absolute Gasteiger partial charge is 0.424 e. The second-order valence-corrected chi connectivity index (χ2v) is 5.46. The van der Waals surface area contributed by atoms with E-state index in [4.69, 9.17) is 10.5 Å². The fraction of sp³-hybridized carbons (Fsp3) is 0.353. The fourth-order valence-electron chi connectivity index (χ4n) is 1.74. The Balaban J connectivity index is 2.90. The average Bonchev–Trinajstić information content (AvgIpc) is 2.59. The third kappa shape index (κ3) is 7.90. The van der Waals surface area contributed by atoms with Crippen LogP contribution < -0.4 is 20.5 Å². The van der Waals surface area contributed by atoms with Crippen LogP contribution in [0.2, 0.25) is 0 Å². The van der Waals surface area contributed by atoms with Crippen molar-refractivity contribution >= 4 is 18.6 Å². The molecule has 0 heterocycles. The molecule has 3 N–H and O–H groups in total. The number of aryl methyl sites for hydroxylation is 1. The molecule has 0 aromatic heterocycles. The van der Waals surface area contributed by atoms with Crippen molar-refractivity contribution in [3.8, 4) is 11.5 Å². The predicted octanol–water partition coefficient (Wildman–Crippen LogP) is 3.04. The highest BCUT2D eigenvalue weighted by Gasteiger charge is 2.31. The second-order valence-electron chi connectivity index (χ2n) is 5.46. The van der Waals surface area contributed by atoms with Crippen LogP contribution in [0.25, 0.3) is 0 Å². The van der Waals surface area contributed by atoms with Gasteiger partial charge in [0.05, 0.1) is 12.2 Å². The molecule has 0 bridgehead atoms. The quantitative estimate of drug-likeness (QED) is 0.580. The van der Waals surface area contributed by atoms with Gasteiger partial charge in [-0.1, -0.05) is 13.0 Å². The molecule has 0 aliphatic heterocycles. The van der Waals surface area contributed by atoms with Crippen molar-refractivity contribution in [3.05, 3.63) is 35.7 Å². The first-order valence-corrected chi connectivity index (χ1v) is 7.87. The molecule has 10 heteroatoms. The van der Waals surface area contributed by atoms with Crippen molar-refractivity contribution in [3.63, 3.8) is 0 Å². The minimum absolute atomic E-state index is 0.0223. The summed E-state index contributed by atoms with van der Waals surface area (Å²) in [5.74, 6) is -0.756. The van der Waals surface area contributed by atoms with Gasteiger partial charge in [0.25, 0.3) is 0 Å². The minimum atomic E-state index is -4.83. The number of rotatable bonds is 6. The van der Waals surface area contributed by atoms with Crippen LogP contribution >= 0.6 is 0 Å². The molecular formula is C17H21F3N4O3. The number of carbonyl (C=O) groups is 1. The van der Waals surface area contributed by atoms with Gasteiger partial charge in [-0.15, -0.1) is 13.2 Å². The summed E-state index contributed by atoms with van der Waals surface area (Å²) >= 11 is 0. The summed E-state index contributed by atoms with van der Waals surface area (Å²) in [5.41, 5.74) is 6.25. The van der Waals surface area contributed by atoms with Crippen LogP contribution in [0.4, 0.5) is 13.2 Å². The van der Waals surface area contributed by atoms with Gasteiger partial charge < -0.3 is 20.5 Å². The molecule has 1 aromatic rings. The Kier molecular flexibility index (Phi) is 7.98. The molecule has 0 aliphatic carbocycles. The summed E-state index contributed by atoms with van der Waals surface area (Å²) < 4.78 is 46.4. The van der Waals surface area contributed by atoms with Gasteiger partial charge in [-0.05, 0) is 38.6 Å². The molecule has 27 heavy (non-hydrogen) atoms. The van der Waals surface area contributed by atoms with E-state index in [0.717, 1.165) is 6.07 Å². The van der Waals surface area contributed by atoms with E-state index in [0.29, 0.717) is 12.1 Å². The number of nitrogens with one attached hydrogen (secondary N) is 1. The monoisotopic (exact) mass is 386 g/mol. The SMILES string of the molecule is C=NC(=N/C=C(\C)NC(=O)[C@H](N)CC)Oc1ccc(C)c(OC(F)(F)F)c1. The van der Waals surface area contributed by atoms with Crippen LogP contribution in [0.3, 0.4) is 0 Å². The van der Waals surface area contributed by atoms with E-state index in [1.165, 1.54) is 25.3 Å². The van der Waals surface area contributed by atoms with Gasteiger partial charge in [-0.25, -0.2) is 9.98 Å². The third-order valence-corrected chi connectivity index (χ3v) is 3.20. The van der Waals surface area contributed by atoms with Crippen molar-refractivity contribution in [1.82, 2.24) is 5.32 Å². The fourth-order valence-corrected chi connectivity index (χ4v) is 1.74. The van der Waals surface area contributed by atoms with Crippen molar-refractivity contribution in [1.29, 1.82) is 0 Å². The molecule has 0 spiro atoms. The van der Waals surface area contributed by atoms with Gasteiger partial charge in [-0.3, -0.25) is 4.79 Å². The predicted molar refractivity (Wildman–Crippen MR) is 95.6 cm³/mol. The normalized spacial score (nSPS) is 13.7. The number of nitrogens with two attached hydrogens (primary N) is 1. The van der Waals surface area contributed by atoms with Crippen LogP contribution in [0, 0.1) is 6.92 Å². The number of ether oxygens (including phenoxy) is 2. The highest BCUT2D eigenvalue weighted by Crippen LogP contribution is 2.29. The Hall–Kier alpha value is -2.88. The molecule has 0 aliphatic rings. The number of benzene rings is 1. The van der Waals surface area contributed by atoms with Gasteiger partial charge in [-0.2, -0.15) is 0 Å². The van der Waals surface area contributed by atoms with E-state index in [1.54, 1.807) is 13.8 Å². The molecule has 1 aromatic carbocycles. The first-order valence-electron chi connectivity index (χ1n) is 7.87. The summed E-state index contributed by atoms with van der Waals surface area (Å²) in [4.78, 5) is 19.1. The molecule has 1 atom stereocenters. The standard InChI is InChI=1S/C17H21F3N4O3/c1-5-13(21)15(25)24-11(3)9-23-16(22-4)26-12-7-6-10(2)14(8-12)27-17(18,19)20/h6-9,13H,4-5,21H2,1-3H3,(H,24,25)/b11-9+,23-16?/t13-/m1/s1. The number of aliphatic imine (C=N–C) groups is 2. The summed E-state index contributed by atoms with van der Waals surface area (Å²) in [6.07, 6.45) is -3.10. The number of allylic oxidation sites excluding steroid dienone is 1. The maximum absolute atomic E-state index is 12.4. The molecular weight excluding hydrogens is 365 g/mol. The van der Waals surface area contributed by atoms with Crippen LogP contribution in [0.15, 0.2) is 40.1 Å². The number of amides is 1. The lowest BCUT2D eigenvalue weighted by atomic mass is 10.2. The zero-order chi connectivity index (χ0) is 20.6. The zero-order valence-electron chi connectivity index (χ0n) is 15.1. The Bertz CT molecular complexity index is 745. The third-order valence-electron chi connectivity index (χ3n) is 3.20. The van der Waals surface area contributed by atoms with Crippen molar-refractivity contribution in [2.45, 2.75) is 39.6 Å². The lowest BCUT2D eigenvalue weighted by Crippen LogP contribution is -2.39. The van der Waals surface area contributed by atoms with Gasteiger partial charge in [0, 0.05) is 11.8 Å². The molecule has 0 saturated heterocycles. The lowest BCUT2D eigenvalue weighted by molar-refractivity contribution is -0.274. The molecule has 0 radical (unpaired) electrons. The molecule has 148 valence electrons. The minimum Gasteiger partial charge on any atom is -0.424 e. The van der Waals surface area contributed by atoms with Gasteiger partial charge in [0.2, 0.25) is 5.91 Å². The Morgan fingerprint density at radius 3 is 2.67 bits per heavy atom. The maximum atomic E-state index is 12.4. The van der Waals surface area contributed by atoms with E-state index in [-0.39, 0.29) is 23.2 Å². The first-order chi connectivity index (χ1) is 12.6. The molecule has 0 fully saturated rings. The summed E-state index contributed by atoms with van der Waals surface area (Å²) in [6, 6.07) is 3.00. The average molecular weight is 386 g/mol. The number of hydrogen-bond donors (Lipinski definition) is 2. The molecule has 7 nitrogen and oxygen atoms in total. The van der Waals surface area contributed by atoms with Gasteiger partial charge in [0.15, 0.2) is 0 Å². The lowest BCUT2D eigenvalue weighted by Gasteiger charge is -2.12. The van der Waals surface area contributed by atoms with Crippen LogP contribution in [-0.4, -0.2) is 31.1 Å². The highest BCUT2D eigenvalue weighted by molar-refractivity contribution is 5.83. The van der Waals surface area contributed by atoms with Crippen molar-refractivity contribution in [2.75, 3.05) is 0 Å². The van der Waals surface area contributed by atoms with Crippen LogP contribution in [-0.2, 0) is 4.79 Å². The van der Waals surface area contributed by atoms with E-state index in [2.05, 4.69) is 26.8 Å². The second kappa shape index (κ2) is 9.72. The Morgan fingerprint density at radius 2 is 2.11 bits per heavy atom. The first kappa shape index (κ1) is 22.2. The van der Waals surface area contributed by atoms with Crippen LogP contribution in [0.1, 0.15) is 25.8 Å². The zero-order valence-corrected chi connectivity index (χ0v) is 15.1. The number of nitrogens with zero attached hydrogens (tertiary/aromatic N) is 2. The number of halogens is 3. The summed E-state index contributed by atoms with van der Waals surface area (Å²) in [5, 5.41) is 2.54. The maximum Gasteiger partial charge on any atom is 0.573 e. The van der Waals surface area contributed by atoms with E-state index in [9.17, 15) is 18.0 Å². The molecule has 0 unspecified atom stereocenters. The number of amidine groups is 1. The van der Waals surface area contributed by atoms with Crippen LogP contribution in [0.5, 0.6) is 11.5 Å². The molecule has 1 amide bonds. The summed E-state index contributed by atoms with van der Waals surface area (Å²) in [7, 11) is 0. The summed E-state index contributed by atoms with van der Waals surface area (Å²) in [6.45, 7) is 8.09. The Labute approximate surface area is 154 Å². The van der Waals surface area contributed by atoms with E-state index >= 15 is 0 Å². The molecule has 0 saturated carbocycles. The topological polar surface area (TPSA) is 98.3 Å². The number of carbonyl (C=O) groups excluding carboxylic acids is 1. The number of alkyl halides is 3. The van der Waals surface area contributed by atoms with Gasteiger partial charge in [0.1, 0.15) is 11.5 Å². The Morgan fingerprint density at radius 1 is 1.44 bits per heavy atom. The van der Waals surface area contributed by atoms with Crippen molar-refractivity contribution < 1.29 is 27.4 Å². The van der Waals surface area contributed by atoms with Gasteiger partial charge >= 0.3 is 12.4 Å². The molecule has 1 rings (SSSR count). The van der Waals surface area contributed by atoms with E-state index in [1.807, 2.05) is 0 Å².